The third-order valence-corrected chi connectivity index (χ3v) is 5.21. The molecule has 0 aromatic rings. The van der Waals surface area contributed by atoms with E-state index in [1.165, 1.54) is 7.11 Å². The number of rotatable bonds is 4. The van der Waals surface area contributed by atoms with Crippen molar-refractivity contribution in [2.24, 2.45) is 29.6 Å². The Balaban J connectivity index is 2.26. The fourth-order valence-corrected chi connectivity index (χ4v) is 4.17. The summed E-state index contributed by atoms with van der Waals surface area (Å²) >= 11 is 0. The SMILES string of the molecule is COC(=O)CC1C(C(C)CO)C(O)C2OCCC(C)C12. The molecule has 0 spiro atoms. The van der Waals surface area contributed by atoms with Gasteiger partial charge in [-0.25, -0.2) is 0 Å². The van der Waals surface area contributed by atoms with E-state index < -0.39 is 6.10 Å². The van der Waals surface area contributed by atoms with Crippen molar-refractivity contribution >= 4 is 5.97 Å². The molecule has 0 bridgehead atoms. The lowest BCUT2D eigenvalue weighted by atomic mass is 9.74. The maximum Gasteiger partial charge on any atom is 0.305 e. The molecule has 5 heteroatoms. The zero-order valence-electron chi connectivity index (χ0n) is 12.5. The first-order valence-corrected chi connectivity index (χ1v) is 7.48. The van der Waals surface area contributed by atoms with E-state index >= 15 is 0 Å². The average molecular weight is 286 g/mol. The van der Waals surface area contributed by atoms with Crippen LogP contribution in [0.3, 0.4) is 0 Å². The smallest absolute Gasteiger partial charge is 0.305 e. The van der Waals surface area contributed by atoms with Crippen LogP contribution in [-0.4, -0.2) is 48.7 Å². The van der Waals surface area contributed by atoms with E-state index in [2.05, 4.69) is 6.92 Å². The number of aliphatic hydroxyl groups is 2. The first kappa shape index (κ1) is 15.7. The van der Waals surface area contributed by atoms with Crippen molar-refractivity contribution in [3.63, 3.8) is 0 Å². The van der Waals surface area contributed by atoms with E-state index in [-0.39, 0.29) is 48.8 Å². The molecular weight excluding hydrogens is 260 g/mol. The van der Waals surface area contributed by atoms with Gasteiger partial charge in [-0.15, -0.1) is 0 Å². The molecular formula is C15H26O5. The number of carbonyl (C=O) groups excluding carboxylic acids is 1. The van der Waals surface area contributed by atoms with Crippen molar-refractivity contribution in [3.8, 4) is 0 Å². The summed E-state index contributed by atoms with van der Waals surface area (Å²) in [6, 6.07) is 0. The van der Waals surface area contributed by atoms with Gasteiger partial charge in [-0.2, -0.15) is 0 Å². The Morgan fingerprint density at radius 1 is 1.50 bits per heavy atom. The fraction of sp³-hybridized carbons (Fsp3) is 0.933. The Labute approximate surface area is 120 Å². The third kappa shape index (κ3) is 2.71. The quantitative estimate of drug-likeness (QED) is 0.749. The van der Waals surface area contributed by atoms with Crippen LogP contribution in [0.4, 0.5) is 0 Å². The predicted octanol–water partition coefficient (Wildman–Crippen LogP) is 0.826. The van der Waals surface area contributed by atoms with Crippen molar-refractivity contribution < 1.29 is 24.5 Å². The molecule has 2 aliphatic rings. The number of fused-ring (bicyclic) bond motifs is 1. The van der Waals surface area contributed by atoms with Crippen LogP contribution >= 0.6 is 0 Å². The van der Waals surface area contributed by atoms with Gasteiger partial charge in [-0.3, -0.25) is 4.79 Å². The zero-order valence-corrected chi connectivity index (χ0v) is 12.5. The highest BCUT2D eigenvalue weighted by atomic mass is 16.5. The highest BCUT2D eigenvalue weighted by Crippen LogP contribution is 2.50. The van der Waals surface area contributed by atoms with E-state index in [0.717, 1.165) is 6.42 Å². The lowest BCUT2D eigenvalue weighted by molar-refractivity contribution is -0.143. The van der Waals surface area contributed by atoms with Crippen molar-refractivity contribution in [2.75, 3.05) is 20.3 Å². The summed E-state index contributed by atoms with van der Waals surface area (Å²) in [6.45, 7) is 4.74. The van der Waals surface area contributed by atoms with E-state index in [0.29, 0.717) is 12.5 Å². The highest BCUT2D eigenvalue weighted by molar-refractivity contribution is 5.69. The lowest BCUT2D eigenvalue weighted by Gasteiger charge is -2.35. The summed E-state index contributed by atoms with van der Waals surface area (Å²) < 4.78 is 10.6. The standard InChI is InChI=1S/C15H26O5/c1-8-4-5-20-15-13(8)10(6-11(17)19-3)12(14(15)18)9(2)7-16/h8-10,12-16,18H,4-7H2,1-3H3. The van der Waals surface area contributed by atoms with Crippen LogP contribution in [0.2, 0.25) is 0 Å². The molecule has 1 aliphatic carbocycles. The molecule has 1 saturated carbocycles. The summed E-state index contributed by atoms with van der Waals surface area (Å²) in [7, 11) is 1.39. The summed E-state index contributed by atoms with van der Waals surface area (Å²) in [4.78, 5) is 11.7. The van der Waals surface area contributed by atoms with Crippen LogP contribution in [0.1, 0.15) is 26.7 Å². The van der Waals surface area contributed by atoms with Gasteiger partial charge >= 0.3 is 5.97 Å². The summed E-state index contributed by atoms with van der Waals surface area (Å²) in [5, 5.41) is 20.0. The van der Waals surface area contributed by atoms with Crippen LogP contribution in [-0.2, 0) is 14.3 Å². The second kappa shape index (κ2) is 6.41. The van der Waals surface area contributed by atoms with Gasteiger partial charge in [0.15, 0.2) is 0 Å². The Morgan fingerprint density at radius 3 is 2.80 bits per heavy atom. The molecule has 2 rings (SSSR count). The molecule has 2 N–H and O–H groups in total. The van der Waals surface area contributed by atoms with E-state index in [4.69, 9.17) is 9.47 Å². The van der Waals surface area contributed by atoms with Crippen LogP contribution < -0.4 is 0 Å². The van der Waals surface area contributed by atoms with Crippen LogP contribution in [0.15, 0.2) is 0 Å². The number of methoxy groups -OCH3 is 1. The molecule has 116 valence electrons. The van der Waals surface area contributed by atoms with E-state index in [1.807, 2.05) is 6.92 Å². The molecule has 2 fully saturated rings. The van der Waals surface area contributed by atoms with Gasteiger partial charge in [0.2, 0.25) is 0 Å². The maximum atomic E-state index is 11.7. The molecule has 7 unspecified atom stereocenters. The Morgan fingerprint density at radius 2 is 2.20 bits per heavy atom. The normalized spacial score (nSPS) is 42.0. The zero-order chi connectivity index (χ0) is 14.9. The minimum Gasteiger partial charge on any atom is -0.469 e. The summed E-state index contributed by atoms with van der Waals surface area (Å²) in [5.74, 6) is 0.164. The number of aliphatic hydroxyl groups excluding tert-OH is 2. The van der Waals surface area contributed by atoms with Gasteiger partial charge in [0.05, 0.1) is 19.3 Å². The highest BCUT2D eigenvalue weighted by Gasteiger charge is 2.55. The molecule has 0 radical (unpaired) electrons. The van der Waals surface area contributed by atoms with Crippen molar-refractivity contribution in [1.29, 1.82) is 0 Å². The summed E-state index contributed by atoms with van der Waals surface area (Å²) in [5.41, 5.74) is 0. The topological polar surface area (TPSA) is 76.0 Å². The number of esters is 1. The monoisotopic (exact) mass is 286 g/mol. The van der Waals surface area contributed by atoms with Gasteiger partial charge in [-0.05, 0) is 36.0 Å². The van der Waals surface area contributed by atoms with Crippen LogP contribution in [0.25, 0.3) is 0 Å². The molecule has 0 aromatic heterocycles. The van der Waals surface area contributed by atoms with Gasteiger partial charge in [-0.1, -0.05) is 13.8 Å². The number of hydrogen-bond acceptors (Lipinski definition) is 5. The number of hydrogen-bond donors (Lipinski definition) is 2. The van der Waals surface area contributed by atoms with Gasteiger partial charge in [0.25, 0.3) is 0 Å². The molecule has 5 nitrogen and oxygen atoms in total. The first-order valence-electron chi connectivity index (χ1n) is 7.48. The average Bonchev–Trinajstić information content (AvgIpc) is 2.72. The van der Waals surface area contributed by atoms with Gasteiger partial charge in [0, 0.05) is 19.6 Å². The molecule has 0 aromatic carbocycles. The van der Waals surface area contributed by atoms with Crippen molar-refractivity contribution in [2.45, 2.75) is 38.9 Å². The van der Waals surface area contributed by atoms with Gasteiger partial charge < -0.3 is 19.7 Å². The molecule has 20 heavy (non-hydrogen) atoms. The van der Waals surface area contributed by atoms with Crippen LogP contribution in [0, 0.1) is 29.6 Å². The predicted molar refractivity (Wildman–Crippen MR) is 72.9 cm³/mol. The molecule has 0 amide bonds. The Hall–Kier alpha value is -0.650. The molecule has 7 atom stereocenters. The van der Waals surface area contributed by atoms with E-state index in [1.54, 1.807) is 0 Å². The number of carbonyl (C=O) groups is 1. The van der Waals surface area contributed by atoms with Gasteiger partial charge in [0.1, 0.15) is 0 Å². The molecule has 1 saturated heterocycles. The van der Waals surface area contributed by atoms with Crippen molar-refractivity contribution in [1.82, 2.24) is 0 Å². The second-order valence-electron chi connectivity index (χ2n) is 6.35. The number of ether oxygens (including phenoxy) is 2. The first-order chi connectivity index (χ1) is 9.51. The Kier molecular flexibility index (Phi) is 5.04. The lowest BCUT2D eigenvalue weighted by Crippen LogP contribution is -2.39. The molecule has 1 aliphatic heterocycles. The third-order valence-electron chi connectivity index (χ3n) is 5.21. The summed E-state index contributed by atoms with van der Waals surface area (Å²) in [6.07, 6.45) is 0.412. The minimum absolute atomic E-state index is 0.00716. The minimum atomic E-state index is -0.612. The Bertz CT molecular complexity index is 345. The van der Waals surface area contributed by atoms with E-state index in [9.17, 15) is 15.0 Å². The maximum absolute atomic E-state index is 11.7. The van der Waals surface area contributed by atoms with Crippen molar-refractivity contribution in [3.05, 3.63) is 0 Å². The largest absolute Gasteiger partial charge is 0.469 e. The second-order valence-corrected chi connectivity index (χ2v) is 6.35. The molecule has 1 heterocycles. The fourth-order valence-electron chi connectivity index (χ4n) is 4.17. The van der Waals surface area contributed by atoms with Crippen LogP contribution in [0.5, 0.6) is 0 Å².